The molecule has 0 fully saturated rings. The number of aliphatic imine (C=N–C) groups is 1. The Morgan fingerprint density at radius 1 is 1.30 bits per heavy atom. The maximum absolute atomic E-state index is 12.9. The number of aromatic nitrogens is 2. The Morgan fingerprint density at radius 2 is 2.03 bits per heavy atom. The van der Waals surface area contributed by atoms with Crippen LogP contribution >= 0.6 is 0 Å². The molecule has 0 aliphatic heterocycles. The van der Waals surface area contributed by atoms with Crippen LogP contribution in [0.25, 0.3) is 5.65 Å². The maximum atomic E-state index is 12.9. The Bertz CT molecular complexity index is 1000. The largest absolute Gasteiger partial charge is 0.370 e. The van der Waals surface area contributed by atoms with E-state index in [1.807, 2.05) is 32.2 Å². The zero-order valence-electron chi connectivity index (χ0n) is 19.4. The van der Waals surface area contributed by atoms with Crippen LogP contribution in [0.4, 0.5) is 5.69 Å². The summed E-state index contributed by atoms with van der Waals surface area (Å²) in [6.07, 6.45) is 7.23. The molecular formula is C25H36N4O. The van der Waals surface area contributed by atoms with Crippen molar-refractivity contribution >= 4 is 17.0 Å². The predicted molar refractivity (Wildman–Crippen MR) is 129 cm³/mol. The Balaban J connectivity index is 2.43. The van der Waals surface area contributed by atoms with Gasteiger partial charge in [0.05, 0.1) is 17.1 Å². The smallest absolute Gasteiger partial charge is 0.258 e. The van der Waals surface area contributed by atoms with E-state index < -0.39 is 0 Å². The Hall–Kier alpha value is -2.69. The van der Waals surface area contributed by atoms with Crippen molar-refractivity contribution in [2.75, 3.05) is 25.0 Å². The molecule has 0 aliphatic rings. The van der Waals surface area contributed by atoms with Crippen molar-refractivity contribution in [2.45, 2.75) is 53.9 Å². The number of anilines is 1. The van der Waals surface area contributed by atoms with Crippen LogP contribution in [0.2, 0.25) is 0 Å². The summed E-state index contributed by atoms with van der Waals surface area (Å²) >= 11 is 0. The second-order valence-corrected chi connectivity index (χ2v) is 8.10. The van der Waals surface area contributed by atoms with E-state index in [1.54, 1.807) is 17.5 Å². The van der Waals surface area contributed by atoms with Crippen molar-refractivity contribution in [1.82, 2.24) is 9.38 Å². The third-order valence-electron chi connectivity index (χ3n) is 5.62. The second-order valence-electron chi connectivity index (χ2n) is 8.10. The van der Waals surface area contributed by atoms with Gasteiger partial charge in [0.1, 0.15) is 5.65 Å². The monoisotopic (exact) mass is 408 g/mol. The molecule has 30 heavy (non-hydrogen) atoms. The summed E-state index contributed by atoms with van der Waals surface area (Å²) in [5.74, 6) is 0.694. The van der Waals surface area contributed by atoms with Crippen molar-refractivity contribution < 1.29 is 0 Å². The van der Waals surface area contributed by atoms with Gasteiger partial charge in [-0.3, -0.25) is 14.2 Å². The molecule has 5 heteroatoms. The molecule has 0 spiro atoms. The van der Waals surface area contributed by atoms with Crippen LogP contribution in [0.1, 0.15) is 59.6 Å². The molecule has 0 aliphatic carbocycles. The number of fused-ring (bicyclic) bond motifs is 1. The number of hydrogen-bond acceptors (Lipinski definition) is 4. The average Bonchev–Trinajstić information content (AvgIpc) is 2.74. The van der Waals surface area contributed by atoms with Crippen LogP contribution in [0.15, 0.2) is 58.0 Å². The number of nitrogens with zero attached hydrogens (tertiary/aromatic N) is 4. The van der Waals surface area contributed by atoms with Crippen LogP contribution in [0.3, 0.4) is 0 Å². The average molecular weight is 409 g/mol. The summed E-state index contributed by atoms with van der Waals surface area (Å²) in [5.41, 5.74) is 4.83. The molecule has 1 unspecified atom stereocenters. The topological polar surface area (TPSA) is 50.0 Å². The van der Waals surface area contributed by atoms with Crippen LogP contribution in [-0.2, 0) is 0 Å². The van der Waals surface area contributed by atoms with Gasteiger partial charge in [-0.25, -0.2) is 4.98 Å². The van der Waals surface area contributed by atoms with Crippen LogP contribution in [0.5, 0.6) is 0 Å². The second kappa shape index (κ2) is 10.9. The van der Waals surface area contributed by atoms with E-state index >= 15 is 0 Å². The molecule has 0 saturated carbocycles. The molecule has 2 aromatic rings. The van der Waals surface area contributed by atoms with Gasteiger partial charge in [-0.1, -0.05) is 39.3 Å². The minimum Gasteiger partial charge on any atom is -0.370 e. The van der Waals surface area contributed by atoms with E-state index in [-0.39, 0.29) is 5.56 Å². The summed E-state index contributed by atoms with van der Waals surface area (Å²) in [7, 11) is 1.71. The molecule has 0 aromatic carbocycles. The van der Waals surface area contributed by atoms with Crippen LogP contribution in [-0.4, -0.2) is 35.2 Å². The molecule has 2 aromatic heterocycles. The first-order valence-electron chi connectivity index (χ1n) is 10.9. The summed E-state index contributed by atoms with van der Waals surface area (Å²) in [6, 6.07) is 5.55. The molecule has 2 rings (SSSR count). The van der Waals surface area contributed by atoms with Crippen LogP contribution < -0.4 is 10.5 Å². The van der Waals surface area contributed by atoms with E-state index in [2.05, 4.69) is 43.3 Å². The highest BCUT2D eigenvalue weighted by atomic mass is 16.1. The summed E-state index contributed by atoms with van der Waals surface area (Å²) in [4.78, 5) is 24.3. The van der Waals surface area contributed by atoms with Crippen molar-refractivity contribution in [3.05, 3.63) is 64.2 Å². The minimum absolute atomic E-state index is 0.0993. The lowest BCUT2D eigenvalue weighted by Gasteiger charge is -2.26. The Morgan fingerprint density at radius 3 is 2.63 bits per heavy atom. The molecule has 0 amide bonds. The van der Waals surface area contributed by atoms with E-state index in [0.29, 0.717) is 23.0 Å². The molecule has 1 atom stereocenters. The molecule has 0 bridgehead atoms. The van der Waals surface area contributed by atoms with Gasteiger partial charge in [-0.2, -0.15) is 0 Å². The summed E-state index contributed by atoms with van der Waals surface area (Å²) in [5, 5.41) is 0. The van der Waals surface area contributed by atoms with Crippen molar-refractivity contribution in [1.29, 1.82) is 0 Å². The van der Waals surface area contributed by atoms with E-state index in [9.17, 15) is 4.79 Å². The molecule has 5 nitrogen and oxygen atoms in total. The van der Waals surface area contributed by atoms with Gasteiger partial charge in [-0.15, -0.1) is 0 Å². The zero-order chi connectivity index (χ0) is 22.3. The quantitative estimate of drug-likeness (QED) is 0.396. The SMILES string of the molecule is C=C(C)/C(C)=C/C(=NC)c1cc(=O)n2cc(N(CCC)CCC(C)CC)ccc2n1. The van der Waals surface area contributed by atoms with Crippen molar-refractivity contribution in [3.63, 3.8) is 0 Å². The number of pyridine rings is 1. The first kappa shape index (κ1) is 23.6. The first-order chi connectivity index (χ1) is 14.3. The van der Waals surface area contributed by atoms with Crippen molar-refractivity contribution in [2.24, 2.45) is 10.9 Å². The van der Waals surface area contributed by atoms with E-state index in [1.165, 1.54) is 6.42 Å². The van der Waals surface area contributed by atoms with Gasteiger partial charge in [0.25, 0.3) is 5.56 Å². The highest BCUT2D eigenvalue weighted by Crippen LogP contribution is 2.18. The zero-order valence-corrected chi connectivity index (χ0v) is 19.4. The fourth-order valence-corrected chi connectivity index (χ4v) is 3.21. The van der Waals surface area contributed by atoms with Crippen molar-refractivity contribution in [3.8, 4) is 0 Å². The minimum atomic E-state index is -0.0993. The molecule has 0 N–H and O–H groups in total. The molecule has 162 valence electrons. The highest BCUT2D eigenvalue weighted by Gasteiger charge is 2.12. The lowest BCUT2D eigenvalue weighted by molar-refractivity contribution is 0.510. The summed E-state index contributed by atoms with van der Waals surface area (Å²) < 4.78 is 1.63. The lowest BCUT2D eigenvalue weighted by Crippen LogP contribution is -2.27. The Labute approximate surface area is 180 Å². The third-order valence-corrected chi connectivity index (χ3v) is 5.62. The van der Waals surface area contributed by atoms with Crippen LogP contribution in [0, 0.1) is 5.92 Å². The summed E-state index contributed by atoms with van der Waals surface area (Å²) in [6.45, 7) is 16.6. The van der Waals surface area contributed by atoms with Gasteiger partial charge in [-0.05, 0) is 56.4 Å². The van der Waals surface area contributed by atoms with Gasteiger partial charge in [0, 0.05) is 32.4 Å². The van der Waals surface area contributed by atoms with Gasteiger partial charge < -0.3 is 4.90 Å². The molecule has 0 saturated heterocycles. The predicted octanol–water partition coefficient (Wildman–Crippen LogP) is 5.29. The van der Waals surface area contributed by atoms with E-state index in [0.717, 1.165) is 42.8 Å². The first-order valence-corrected chi connectivity index (χ1v) is 10.9. The fourth-order valence-electron chi connectivity index (χ4n) is 3.21. The van der Waals surface area contributed by atoms with Gasteiger partial charge in [0.15, 0.2) is 0 Å². The molecule has 2 heterocycles. The fraction of sp³-hybridized carbons (Fsp3) is 0.480. The van der Waals surface area contributed by atoms with Gasteiger partial charge >= 0.3 is 0 Å². The highest BCUT2D eigenvalue weighted by molar-refractivity contribution is 6.08. The Kier molecular flexibility index (Phi) is 8.58. The molecule has 0 radical (unpaired) electrons. The third kappa shape index (κ3) is 5.91. The molecular weight excluding hydrogens is 372 g/mol. The lowest BCUT2D eigenvalue weighted by atomic mass is 10.0. The maximum Gasteiger partial charge on any atom is 0.258 e. The number of hydrogen-bond donors (Lipinski definition) is 0. The number of allylic oxidation sites excluding steroid dienone is 3. The normalized spacial score (nSPS) is 13.5. The standard InChI is InChI=1S/C25H36N4O/c1-8-13-28(14-12-19(5)9-2)21-10-11-24-27-23(16-25(30)29(24)17-21)22(26-7)15-20(6)18(3)4/h10-11,15-17,19H,3,8-9,12-14H2,1-2,4-7H3/b20-15+,26-22?. The number of rotatable bonds is 10. The van der Waals surface area contributed by atoms with Gasteiger partial charge in [0.2, 0.25) is 0 Å². The van der Waals surface area contributed by atoms with E-state index in [4.69, 9.17) is 4.98 Å².